The van der Waals surface area contributed by atoms with Crippen LogP contribution in [0.5, 0.6) is 0 Å². The second kappa shape index (κ2) is 10.9. The van der Waals surface area contributed by atoms with Crippen LogP contribution in [0.1, 0.15) is 35.8 Å². The number of hydrogen-bond acceptors (Lipinski definition) is 6. The van der Waals surface area contributed by atoms with Crippen molar-refractivity contribution in [3.05, 3.63) is 118 Å². The van der Waals surface area contributed by atoms with Gasteiger partial charge in [-0.25, -0.2) is 9.59 Å². The van der Waals surface area contributed by atoms with Crippen molar-refractivity contribution in [1.82, 2.24) is 0 Å². The van der Waals surface area contributed by atoms with Crippen LogP contribution in [0.15, 0.2) is 101 Å². The summed E-state index contributed by atoms with van der Waals surface area (Å²) < 4.78 is 24.2. The number of carbonyl (C=O) groups excluding carboxylic acids is 2. The van der Waals surface area contributed by atoms with Gasteiger partial charge in [-0.3, -0.25) is 0 Å². The van der Waals surface area contributed by atoms with Gasteiger partial charge in [0.25, 0.3) is 0 Å². The van der Waals surface area contributed by atoms with Gasteiger partial charge in [-0.2, -0.15) is 0 Å². The molecule has 0 saturated heterocycles. The molecule has 35 heavy (non-hydrogen) atoms. The highest BCUT2D eigenvalue weighted by molar-refractivity contribution is 9.10. The molecule has 1 heterocycles. The van der Waals surface area contributed by atoms with Crippen molar-refractivity contribution in [2.24, 2.45) is 0 Å². The largest absolute Gasteiger partial charge is 0.464 e. The SMILES string of the molecule is CCOC(=O)[C@]1(c2ccccc2)O[C@@H](c2ccccc2)OC(C(=O)OC)=C[C@H]1c1ccc(Br)cc1. The molecule has 0 bridgehead atoms. The summed E-state index contributed by atoms with van der Waals surface area (Å²) in [4.78, 5) is 26.7. The van der Waals surface area contributed by atoms with E-state index >= 15 is 0 Å². The van der Waals surface area contributed by atoms with E-state index in [9.17, 15) is 9.59 Å². The van der Waals surface area contributed by atoms with Crippen LogP contribution in [0, 0.1) is 0 Å². The number of benzene rings is 3. The third kappa shape index (κ3) is 5.01. The summed E-state index contributed by atoms with van der Waals surface area (Å²) in [5, 5.41) is 0. The second-order valence-electron chi connectivity index (χ2n) is 7.85. The Kier molecular flexibility index (Phi) is 7.68. The maximum Gasteiger partial charge on any atom is 0.373 e. The van der Waals surface area contributed by atoms with E-state index in [1.807, 2.05) is 72.8 Å². The molecule has 0 N–H and O–H groups in total. The van der Waals surface area contributed by atoms with Crippen LogP contribution in [0.2, 0.25) is 0 Å². The molecule has 3 aromatic rings. The second-order valence-corrected chi connectivity index (χ2v) is 8.77. The summed E-state index contributed by atoms with van der Waals surface area (Å²) in [5.41, 5.74) is 0.256. The molecule has 4 rings (SSSR count). The number of hydrogen-bond donors (Lipinski definition) is 0. The molecule has 0 unspecified atom stereocenters. The molecule has 0 saturated carbocycles. The molecular formula is C28H25BrO6. The molecule has 0 aromatic heterocycles. The first-order valence-electron chi connectivity index (χ1n) is 11.2. The lowest BCUT2D eigenvalue weighted by Gasteiger charge is -2.38. The fourth-order valence-corrected chi connectivity index (χ4v) is 4.38. The third-order valence-corrected chi connectivity index (χ3v) is 6.28. The minimum absolute atomic E-state index is 0.0589. The van der Waals surface area contributed by atoms with Gasteiger partial charge in [0.1, 0.15) is 0 Å². The molecule has 0 amide bonds. The number of methoxy groups -OCH3 is 1. The molecule has 0 fully saturated rings. The van der Waals surface area contributed by atoms with E-state index in [0.717, 1.165) is 10.0 Å². The van der Waals surface area contributed by atoms with Crippen molar-refractivity contribution in [1.29, 1.82) is 0 Å². The van der Waals surface area contributed by atoms with E-state index in [1.54, 1.807) is 25.1 Å². The molecule has 1 aliphatic heterocycles. The van der Waals surface area contributed by atoms with Crippen molar-refractivity contribution in [2.45, 2.75) is 24.7 Å². The Bertz CT molecular complexity index is 1190. The Morgan fingerprint density at radius 2 is 1.54 bits per heavy atom. The maximum absolute atomic E-state index is 13.9. The summed E-state index contributed by atoms with van der Waals surface area (Å²) >= 11 is 3.46. The molecule has 180 valence electrons. The standard InChI is InChI=1S/C28H25BrO6/c1-3-33-27(31)28(21-12-8-5-9-13-21)23(19-14-16-22(29)17-15-19)18-24(25(30)32-2)34-26(35-28)20-10-6-4-7-11-20/h4-18,23,26H,3H2,1-2H3/t23-,26-,28+/m0/s1. The summed E-state index contributed by atoms with van der Waals surface area (Å²) in [7, 11) is 1.28. The first kappa shape index (κ1) is 24.7. The minimum atomic E-state index is -1.67. The molecular weight excluding hydrogens is 512 g/mol. The van der Waals surface area contributed by atoms with Crippen molar-refractivity contribution >= 4 is 27.9 Å². The summed E-state index contributed by atoms with van der Waals surface area (Å²) in [5.74, 6) is -2.10. The lowest BCUT2D eigenvalue weighted by molar-refractivity contribution is -0.221. The van der Waals surface area contributed by atoms with E-state index in [1.165, 1.54) is 7.11 Å². The summed E-state index contributed by atoms with van der Waals surface area (Å²) in [6.45, 7) is 1.89. The van der Waals surface area contributed by atoms with Gasteiger partial charge >= 0.3 is 11.9 Å². The van der Waals surface area contributed by atoms with E-state index in [2.05, 4.69) is 15.9 Å². The Morgan fingerprint density at radius 1 is 0.914 bits per heavy atom. The zero-order chi connectivity index (χ0) is 24.8. The first-order chi connectivity index (χ1) is 17.0. The maximum atomic E-state index is 13.9. The number of esters is 2. The smallest absolute Gasteiger partial charge is 0.373 e. The van der Waals surface area contributed by atoms with Crippen LogP contribution in [-0.4, -0.2) is 25.7 Å². The molecule has 3 aromatic carbocycles. The topological polar surface area (TPSA) is 71.1 Å². The minimum Gasteiger partial charge on any atom is -0.464 e. The van der Waals surface area contributed by atoms with Gasteiger partial charge in [0.05, 0.1) is 19.6 Å². The predicted molar refractivity (Wildman–Crippen MR) is 133 cm³/mol. The fourth-order valence-electron chi connectivity index (χ4n) is 4.12. The van der Waals surface area contributed by atoms with Crippen molar-refractivity contribution in [3.8, 4) is 0 Å². The van der Waals surface area contributed by atoms with Crippen LogP contribution in [-0.2, 0) is 34.1 Å². The highest BCUT2D eigenvalue weighted by Gasteiger charge is 2.54. The first-order valence-corrected chi connectivity index (χ1v) is 12.0. The zero-order valence-corrected chi connectivity index (χ0v) is 20.9. The molecule has 3 atom stereocenters. The normalized spacial score (nSPS) is 21.7. The van der Waals surface area contributed by atoms with Gasteiger partial charge in [0, 0.05) is 10.0 Å². The average Bonchev–Trinajstić information content (AvgIpc) is 3.08. The Balaban J connectivity index is 2.02. The quantitative estimate of drug-likeness (QED) is 0.371. The molecule has 1 aliphatic rings. The molecule has 0 spiro atoms. The van der Waals surface area contributed by atoms with Gasteiger partial charge in [-0.05, 0) is 36.3 Å². The Labute approximate surface area is 212 Å². The van der Waals surface area contributed by atoms with E-state index in [4.69, 9.17) is 18.9 Å². The van der Waals surface area contributed by atoms with Gasteiger partial charge in [0.15, 0.2) is 0 Å². The highest BCUT2D eigenvalue weighted by atomic mass is 79.9. The Hall–Kier alpha value is -3.42. The highest BCUT2D eigenvalue weighted by Crippen LogP contribution is 2.49. The number of ether oxygens (including phenoxy) is 4. The molecule has 6 nitrogen and oxygen atoms in total. The van der Waals surface area contributed by atoms with Gasteiger partial charge < -0.3 is 18.9 Å². The van der Waals surface area contributed by atoms with Crippen molar-refractivity contribution in [2.75, 3.05) is 13.7 Å². The van der Waals surface area contributed by atoms with Crippen LogP contribution < -0.4 is 0 Å². The molecule has 0 aliphatic carbocycles. The molecule has 0 radical (unpaired) electrons. The lowest BCUT2D eigenvalue weighted by atomic mass is 9.76. The van der Waals surface area contributed by atoms with Gasteiger partial charge in [-0.15, -0.1) is 0 Å². The van der Waals surface area contributed by atoms with Crippen molar-refractivity contribution in [3.63, 3.8) is 0 Å². The fraction of sp³-hybridized carbons (Fsp3) is 0.214. The van der Waals surface area contributed by atoms with Crippen LogP contribution in [0.4, 0.5) is 0 Å². The lowest BCUT2D eigenvalue weighted by Crippen LogP contribution is -2.45. The van der Waals surface area contributed by atoms with E-state index < -0.39 is 29.7 Å². The Morgan fingerprint density at radius 3 is 2.14 bits per heavy atom. The van der Waals surface area contributed by atoms with Crippen LogP contribution in [0.25, 0.3) is 0 Å². The predicted octanol–water partition coefficient (Wildman–Crippen LogP) is 5.79. The van der Waals surface area contributed by atoms with Crippen LogP contribution in [0.3, 0.4) is 0 Å². The van der Waals surface area contributed by atoms with E-state index in [0.29, 0.717) is 11.1 Å². The summed E-state index contributed by atoms with van der Waals surface area (Å²) in [6.07, 6.45) is 0.494. The number of rotatable bonds is 6. The van der Waals surface area contributed by atoms with Crippen molar-refractivity contribution < 1.29 is 28.5 Å². The van der Waals surface area contributed by atoms with Crippen LogP contribution >= 0.6 is 15.9 Å². The number of halogens is 1. The average molecular weight is 537 g/mol. The summed E-state index contributed by atoms with van der Waals surface area (Å²) in [6, 6.07) is 25.7. The van der Waals surface area contributed by atoms with Gasteiger partial charge in [-0.1, -0.05) is 88.7 Å². The third-order valence-electron chi connectivity index (χ3n) is 5.75. The monoisotopic (exact) mass is 536 g/mol. The zero-order valence-electron chi connectivity index (χ0n) is 19.3. The molecule has 7 heteroatoms. The number of carbonyl (C=O) groups is 2. The van der Waals surface area contributed by atoms with Gasteiger partial charge in [0.2, 0.25) is 17.7 Å². The van der Waals surface area contributed by atoms with E-state index in [-0.39, 0.29) is 12.4 Å².